The molecule has 2 aromatic heterocycles. The highest BCUT2D eigenvalue weighted by molar-refractivity contribution is 8.00. The van der Waals surface area contributed by atoms with Crippen molar-refractivity contribution in [3.8, 4) is 0 Å². The number of carbonyl (C=O) groups excluding carboxylic acids is 1. The summed E-state index contributed by atoms with van der Waals surface area (Å²) in [7, 11) is 0. The van der Waals surface area contributed by atoms with Gasteiger partial charge in [0.2, 0.25) is 5.91 Å². The van der Waals surface area contributed by atoms with E-state index in [1.807, 2.05) is 32.0 Å². The number of thiophene rings is 1. The summed E-state index contributed by atoms with van der Waals surface area (Å²) in [6, 6.07) is 10.3. The summed E-state index contributed by atoms with van der Waals surface area (Å²) in [5, 5.41) is 4.85. The lowest BCUT2D eigenvalue weighted by Gasteiger charge is -2.16. The summed E-state index contributed by atoms with van der Waals surface area (Å²) < 4.78 is 0. The second kappa shape index (κ2) is 8.40. The Kier molecular flexibility index (Phi) is 6.17. The van der Waals surface area contributed by atoms with Crippen LogP contribution in [0.25, 0.3) is 10.2 Å². The van der Waals surface area contributed by atoms with Crippen molar-refractivity contribution in [3.05, 3.63) is 52.2 Å². The number of hydrogen-bond acceptors (Lipinski definition) is 5. The molecule has 0 saturated carbocycles. The molecule has 0 spiro atoms. The van der Waals surface area contributed by atoms with Crippen LogP contribution in [0.2, 0.25) is 0 Å². The molecule has 0 aliphatic heterocycles. The van der Waals surface area contributed by atoms with E-state index in [9.17, 15) is 4.79 Å². The zero-order valence-corrected chi connectivity index (χ0v) is 18.0. The van der Waals surface area contributed by atoms with Crippen LogP contribution < -0.4 is 5.32 Å². The average Bonchev–Trinajstić information content (AvgIpc) is 2.93. The zero-order valence-electron chi connectivity index (χ0n) is 16.4. The first-order valence-corrected chi connectivity index (χ1v) is 10.8. The minimum Gasteiger partial charge on any atom is -0.355 e. The number of thioether (sulfide) groups is 1. The van der Waals surface area contributed by atoms with Gasteiger partial charge in [0.15, 0.2) is 0 Å². The van der Waals surface area contributed by atoms with Crippen molar-refractivity contribution < 1.29 is 4.79 Å². The SMILES string of the molecule is Cc1nc(S[C@@H](C)C(=O)NC[C@H](C)c2ccccc2)c2c(C)c(C)sc2n1. The molecule has 6 heteroatoms. The number of rotatable bonds is 6. The van der Waals surface area contributed by atoms with Crippen LogP contribution in [0.5, 0.6) is 0 Å². The Hall–Kier alpha value is -1.92. The molecule has 1 aromatic carbocycles. The van der Waals surface area contributed by atoms with E-state index in [2.05, 4.69) is 48.2 Å². The molecule has 1 N–H and O–H groups in total. The summed E-state index contributed by atoms with van der Waals surface area (Å²) in [5.74, 6) is 1.07. The predicted octanol–water partition coefficient (Wildman–Crippen LogP) is 5.02. The third kappa shape index (κ3) is 4.50. The first kappa shape index (κ1) is 19.8. The van der Waals surface area contributed by atoms with E-state index in [0.29, 0.717) is 6.54 Å². The highest BCUT2D eigenvalue weighted by Crippen LogP contribution is 2.36. The normalized spacial score (nSPS) is 13.5. The molecule has 1 amide bonds. The smallest absolute Gasteiger partial charge is 0.233 e. The molecule has 27 heavy (non-hydrogen) atoms. The van der Waals surface area contributed by atoms with Gasteiger partial charge < -0.3 is 5.32 Å². The molecule has 0 aliphatic carbocycles. The topological polar surface area (TPSA) is 54.9 Å². The van der Waals surface area contributed by atoms with E-state index >= 15 is 0 Å². The van der Waals surface area contributed by atoms with Gasteiger partial charge in [-0.2, -0.15) is 0 Å². The average molecular weight is 400 g/mol. The van der Waals surface area contributed by atoms with E-state index in [-0.39, 0.29) is 17.1 Å². The molecule has 0 saturated heterocycles. The third-order valence-electron chi connectivity index (χ3n) is 4.72. The summed E-state index contributed by atoms with van der Waals surface area (Å²) in [6.07, 6.45) is 0. The molecule has 0 bridgehead atoms. The van der Waals surface area contributed by atoms with Gasteiger partial charge in [0.05, 0.1) is 5.25 Å². The Labute approximate surface area is 168 Å². The summed E-state index contributed by atoms with van der Waals surface area (Å²) in [5.41, 5.74) is 2.44. The van der Waals surface area contributed by atoms with Gasteiger partial charge in [-0.3, -0.25) is 4.79 Å². The first-order chi connectivity index (χ1) is 12.9. The van der Waals surface area contributed by atoms with Crippen LogP contribution in [0, 0.1) is 20.8 Å². The van der Waals surface area contributed by atoms with Crippen LogP contribution in [0.3, 0.4) is 0 Å². The number of benzene rings is 1. The second-order valence-electron chi connectivity index (χ2n) is 6.86. The molecule has 4 nitrogen and oxygen atoms in total. The van der Waals surface area contributed by atoms with Crippen molar-refractivity contribution in [3.63, 3.8) is 0 Å². The van der Waals surface area contributed by atoms with E-state index in [0.717, 1.165) is 21.1 Å². The quantitative estimate of drug-likeness (QED) is 0.467. The summed E-state index contributed by atoms with van der Waals surface area (Å²) >= 11 is 3.20. The van der Waals surface area contributed by atoms with Gasteiger partial charge in [-0.1, -0.05) is 49.0 Å². The predicted molar refractivity (Wildman–Crippen MR) is 115 cm³/mol. The van der Waals surface area contributed by atoms with Crippen molar-refractivity contribution in [2.45, 2.75) is 50.8 Å². The Morgan fingerprint density at radius 3 is 2.56 bits per heavy atom. The van der Waals surface area contributed by atoms with Gasteiger partial charge in [-0.25, -0.2) is 9.97 Å². The van der Waals surface area contributed by atoms with Crippen LogP contribution in [-0.4, -0.2) is 27.7 Å². The second-order valence-corrected chi connectivity index (χ2v) is 9.39. The minimum absolute atomic E-state index is 0.0387. The molecule has 142 valence electrons. The lowest BCUT2D eigenvalue weighted by atomic mass is 10.0. The molecule has 0 radical (unpaired) electrons. The van der Waals surface area contributed by atoms with E-state index < -0.39 is 0 Å². The van der Waals surface area contributed by atoms with Crippen molar-refractivity contribution >= 4 is 39.2 Å². The largest absolute Gasteiger partial charge is 0.355 e. The van der Waals surface area contributed by atoms with Gasteiger partial charge in [-0.15, -0.1) is 11.3 Å². The number of nitrogens with zero attached hydrogens (tertiary/aromatic N) is 2. The molecular formula is C21H25N3OS2. The number of carbonyl (C=O) groups is 1. The lowest BCUT2D eigenvalue weighted by molar-refractivity contribution is -0.120. The van der Waals surface area contributed by atoms with Crippen molar-refractivity contribution in [2.75, 3.05) is 6.54 Å². The van der Waals surface area contributed by atoms with Crippen LogP contribution in [0.1, 0.15) is 41.6 Å². The zero-order chi connectivity index (χ0) is 19.6. The van der Waals surface area contributed by atoms with Crippen LogP contribution in [-0.2, 0) is 4.79 Å². The molecule has 0 unspecified atom stereocenters. The fraction of sp³-hybridized carbons (Fsp3) is 0.381. The minimum atomic E-state index is -0.218. The molecule has 3 rings (SSSR count). The third-order valence-corrected chi connectivity index (χ3v) is 6.90. The fourth-order valence-corrected chi connectivity index (χ4v) is 5.13. The molecule has 2 heterocycles. The van der Waals surface area contributed by atoms with Crippen molar-refractivity contribution in [1.29, 1.82) is 0 Å². The van der Waals surface area contributed by atoms with E-state index in [4.69, 9.17) is 0 Å². The number of nitrogens with one attached hydrogen (secondary N) is 1. The Morgan fingerprint density at radius 1 is 1.15 bits per heavy atom. The maximum Gasteiger partial charge on any atom is 0.233 e. The standard InChI is InChI=1S/C21H25N3OS2/c1-12(17-9-7-6-8-10-17)11-22-19(25)15(4)27-21-18-13(2)14(3)26-20(18)23-16(5)24-21/h6-10,12,15H,11H2,1-5H3,(H,22,25)/t12-,15-/m0/s1. The molecule has 0 fully saturated rings. The van der Waals surface area contributed by atoms with Gasteiger partial charge in [-0.05, 0) is 44.7 Å². The Bertz CT molecular complexity index is 953. The summed E-state index contributed by atoms with van der Waals surface area (Å²) in [4.78, 5) is 24.1. The van der Waals surface area contributed by atoms with E-state index in [1.54, 1.807) is 11.3 Å². The van der Waals surface area contributed by atoms with Gasteiger partial charge in [0.1, 0.15) is 15.7 Å². The monoisotopic (exact) mass is 399 g/mol. The maximum atomic E-state index is 12.6. The molecule has 0 aliphatic rings. The highest BCUT2D eigenvalue weighted by atomic mass is 32.2. The Balaban J connectivity index is 1.69. The van der Waals surface area contributed by atoms with Crippen LogP contribution in [0.15, 0.2) is 35.4 Å². The van der Waals surface area contributed by atoms with Gasteiger partial charge in [0, 0.05) is 16.8 Å². The number of aromatic nitrogens is 2. The number of amides is 1. The number of hydrogen-bond donors (Lipinski definition) is 1. The van der Waals surface area contributed by atoms with Crippen LogP contribution >= 0.6 is 23.1 Å². The Morgan fingerprint density at radius 2 is 1.85 bits per heavy atom. The maximum absolute atomic E-state index is 12.6. The highest BCUT2D eigenvalue weighted by Gasteiger charge is 2.20. The molecule has 2 atom stereocenters. The first-order valence-electron chi connectivity index (χ1n) is 9.10. The van der Waals surface area contributed by atoms with Gasteiger partial charge in [0.25, 0.3) is 0 Å². The van der Waals surface area contributed by atoms with Crippen LogP contribution in [0.4, 0.5) is 0 Å². The lowest BCUT2D eigenvalue weighted by Crippen LogP contribution is -2.33. The van der Waals surface area contributed by atoms with Crippen molar-refractivity contribution in [1.82, 2.24) is 15.3 Å². The number of fused-ring (bicyclic) bond motifs is 1. The molecular weight excluding hydrogens is 374 g/mol. The fourth-order valence-electron chi connectivity index (χ4n) is 2.92. The number of aryl methyl sites for hydroxylation is 3. The van der Waals surface area contributed by atoms with Gasteiger partial charge >= 0.3 is 0 Å². The van der Waals surface area contributed by atoms with Crippen molar-refractivity contribution in [2.24, 2.45) is 0 Å². The molecule has 3 aromatic rings. The summed E-state index contributed by atoms with van der Waals surface area (Å²) in [6.45, 7) is 10.8. The van der Waals surface area contributed by atoms with E-state index in [1.165, 1.54) is 27.8 Å².